The molecule has 0 spiro atoms. The SMILES string of the molecule is CN(CC(=O)NCCN1CCOCC1)c1nn2c(NC(C)(C)C)c(-c3ccccc3)nc2s1. The fourth-order valence-corrected chi connectivity index (χ4v) is 4.54. The molecule has 1 aliphatic heterocycles. The predicted octanol–water partition coefficient (Wildman–Crippen LogP) is 2.55. The summed E-state index contributed by atoms with van der Waals surface area (Å²) in [6, 6.07) is 10.1. The topological polar surface area (TPSA) is 87.0 Å². The number of rotatable bonds is 8. The zero-order chi connectivity index (χ0) is 23.4. The third-order valence-corrected chi connectivity index (χ3v) is 6.32. The summed E-state index contributed by atoms with van der Waals surface area (Å²) in [6.07, 6.45) is 0. The molecule has 0 unspecified atom stereocenters. The average molecular weight is 472 g/mol. The standard InChI is InChI=1S/C23H33N7O2S/c1-23(2,3)26-20-19(17-8-6-5-7-9-17)25-21-30(20)27-22(33-21)28(4)16-18(31)24-10-11-29-12-14-32-15-13-29/h5-9,26H,10-16H2,1-4H3,(H,24,31). The molecular formula is C23H33N7O2S. The van der Waals surface area contributed by atoms with E-state index in [-0.39, 0.29) is 18.0 Å². The number of fused-ring (bicyclic) bond motifs is 1. The number of morpholine rings is 1. The van der Waals surface area contributed by atoms with Gasteiger partial charge in [0.05, 0.1) is 19.8 Å². The molecule has 178 valence electrons. The van der Waals surface area contributed by atoms with Crippen molar-refractivity contribution in [2.24, 2.45) is 0 Å². The third-order valence-electron chi connectivity index (χ3n) is 5.29. The molecule has 1 amide bonds. The lowest BCUT2D eigenvalue weighted by Gasteiger charge is -2.26. The highest BCUT2D eigenvalue weighted by molar-refractivity contribution is 7.20. The van der Waals surface area contributed by atoms with Gasteiger partial charge in [-0.2, -0.15) is 4.52 Å². The van der Waals surface area contributed by atoms with Gasteiger partial charge in [0.2, 0.25) is 16.0 Å². The number of imidazole rings is 1. The summed E-state index contributed by atoms with van der Waals surface area (Å²) < 4.78 is 7.21. The molecule has 2 N–H and O–H groups in total. The molecule has 0 atom stereocenters. The van der Waals surface area contributed by atoms with Crippen molar-refractivity contribution in [1.82, 2.24) is 24.8 Å². The Morgan fingerprint density at radius 1 is 1.21 bits per heavy atom. The lowest BCUT2D eigenvalue weighted by atomic mass is 10.1. The number of ether oxygens (including phenoxy) is 1. The molecule has 9 nitrogen and oxygen atoms in total. The first-order valence-electron chi connectivity index (χ1n) is 11.3. The fraction of sp³-hybridized carbons (Fsp3) is 0.522. The third kappa shape index (κ3) is 6.01. The molecule has 1 aromatic carbocycles. The van der Waals surface area contributed by atoms with Gasteiger partial charge in [0, 0.05) is 44.3 Å². The summed E-state index contributed by atoms with van der Waals surface area (Å²) in [5.41, 5.74) is 1.76. The van der Waals surface area contributed by atoms with Crippen LogP contribution in [0.15, 0.2) is 30.3 Å². The lowest BCUT2D eigenvalue weighted by molar-refractivity contribution is -0.119. The first kappa shape index (κ1) is 23.5. The van der Waals surface area contributed by atoms with Gasteiger partial charge in [0.15, 0.2) is 5.82 Å². The van der Waals surface area contributed by atoms with E-state index in [0.29, 0.717) is 6.54 Å². The molecule has 10 heteroatoms. The van der Waals surface area contributed by atoms with Gasteiger partial charge in [-0.3, -0.25) is 9.69 Å². The molecule has 1 aliphatic rings. The van der Waals surface area contributed by atoms with Crippen LogP contribution in [-0.2, 0) is 9.53 Å². The summed E-state index contributed by atoms with van der Waals surface area (Å²) in [6.45, 7) is 11.4. The van der Waals surface area contributed by atoms with Gasteiger partial charge in [-0.25, -0.2) is 4.98 Å². The first-order chi connectivity index (χ1) is 15.8. The lowest BCUT2D eigenvalue weighted by Crippen LogP contribution is -2.43. The second-order valence-corrected chi connectivity index (χ2v) is 10.2. The van der Waals surface area contributed by atoms with Gasteiger partial charge in [0.1, 0.15) is 5.69 Å². The van der Waals surface area contributed by atoms with Crippen LogP contribution in [0, 0.1) is 0 Å². The molecule has 3 heterocycles. The number of likely N-dealkylation sites (N-methyl/N-ethyl adjacent to an activating group) is 1. The minimum atomic E-state index is -0.157. The van der Waals surface area contributed by atoms with E-state index in [9.17, 15) is 4.79 Å². The first-order valence-corrected chi connectivity index (χ1v) is 12.1. The van der Waals surface area contributed by atoms with Gasteiger partial charge >= 0.3 is 0 Å². The van der Waals surface area contributed by atoms with Crippen molar-refractivity contribution in [1.29, 1.82) is 0 Å². The quantitative estimate of drug-likeness (QED) is 0.522. The van der Waals surface area contributed by atoms with Crippen molar-refractivity contribution in [3.8, 4) is 11.3 Å². The Hall–Kier alpha value is -2.69. The molecular weight excluding hydrogens is 438 g/mol. The fourth-order valence-electron chi connectivity index (χ4n) is 3.67. The monoisotopic (exact) mass is 471 g/mol. The zero-order valence-corrected chi connectivity index (χ0v) is 20.6. The maximum atomic E-state index is 12.5. The Morgan fingerprint density at radius 2 is 1.94 bits per heavy atom. The van der Waals surface area contributed by atoms with Gasteiger partial charge in [-0.15, -0.1) is 5.10 Å². The van der Waals surface area contributed by atoms with Crippen molar-refractivity contribution in [3.05, 3.63) is 30.3 Å². The number of carbonyl (C=O) groups is 1. The maximum absolute atomic E-state index is 12.5. The van der Waals surface area contributed by atoms with E-state index in [2.05, 4.69) is 48.4 Å². The molecule has 0 bridgehead atoms. The number of aromatic nitrogens is 3. The van der Waals surface area contributed by atoms with Crippen molar-refractivity contribution in [2.75, 3.05) is 63.2 Å². The van der Waals surface area contributed by atoms with Gasteiger partial charge < -0.3 is 20.3 Å². The van der Waals surface area contributed by atoms with Crippen LogP contribution in [0.5, 0.6) is 0 Å². The Balaban J connectivity index is 1.45. The minimum absolute atomic E-state index is 0.0170. The van der Waals surface area contributed by atoms with Crippen LogP contribution in [-0.4, -0.2) is 83.9 Å². The molecule has 0 aliphatic carbocycles. The molecule has 4 rings (SSSR count). The smallest absolute Gasteiger partial charge is 0.239 e. The second kappa shape index (κ2) is 10.1. The van der Waals surface area contributed by atoms with Crippen molar-refractivity contribution < 1.29 is 9.53 Å². The molecule has 33 heavy (non-hydrogen) atoms. The van der Waals surface area contributed by atoms with Crippen LogP contribution in [0.25, 0.3) is 16.2 Å². The number of nitrogens with one attached hydrogen (secondary N) is 2. The van der Waals surface area contributed by atoms with Crippen LogP contribution >= 0.6 is 11.3 Å². The van der Waals surface area contributed by atoms with Crippen molar-refractivity contribution >= 4 is 33.2 Å². The van der Waals surface area contributed by atoms with E-state index in [0.717, 1.165) is 60.0 Å². The Morgan fingerprint density at radius 3 is 2.64 bits per heavy atom. The van der Waals surface area contributed by atoms with E-state index >= 15 is 0 Å². The van der Waals surface area contributed by atoms with Crippen LogP contribution in [0.1, 0.15) is 20.8 Å². The number of hydrogen-bond acceptors (Lipinski definition) is 8. The molecule has 3 aromatic rings. The highest BCUT2D eigenvalue weighted by atomic mass is 32.1. The summed E-state index contributed by atoms with van der Waals surface area (Å²) in [7, 11) is 1.88. The second-order valence-electron chi connectivity index (χ2n) is 9.29. The van der Waals surface area contributed by atoms with Crippen LogP contribution in [0.2, 0.25) is 0 Å². The van der Waals surface area contributed by atoms with Gasteiger partial charge in [-0.05, 0) is 20.8 Å². The summed E-state index contributed by atoms with van der Waals surface area (Å²) in [5.74, 6) is 0.839. The Bertz CT molecular complexity index is 1070. The van der Waals surface area contributed by atoms with E-state index in [4.69, 9.17) is 14.8 Å². The van der Waals surface area contributed by atoms with E-state index < -0.39 is 0 Å². The number of nitrogens with zero attached hydrogens (tertiary/aromatic N) is 5. The number of amides is 1. The van der Waals surface area contributed by atoms with Crippen LogP contribution < -0.4 is 15.5 Å². The number of hydrogen-bond donors (Lipinski definition) is 2. The Kier molecular flexibility index (Phi) is 7.16. The molecule has 2 aromatic heterocycles. The molecule has 1 fully saturated rings. The average Bonchev–Trinajstić information content (AvgIpc) is 3.34. The largest absolute Gasteiger partial charge is 0.379 e. The summed E-state index contributed by atoms with van der Waals surface area (Å²) in [4.78, 5) is 22.3. The number of carbonyl (C=O) groups excluding carboxylic acids is 1. The number of anilines is 2. The van der Waals surface area contributed by atoms with Gasteiger partial charge in [-0.1, -0.05) is 41.7 Å². The Labute approximate surface area is 198 Å². The highest BCUT2D eigenvalue weighted by Crippen LogP contribution is 2.34. The van der Waals surface area contributed by atoms with Crippen molar-refractivity contribution in [2.45, 2.75) is 26.3 Å². The highest BCUT2D eigenvalue weighted by Gasteiger charge is 2.23. The van der Waals surface area contributed by atoms with E-state index in [1.165, 1.54) is 11.3 Å². The number of benzene rings is 1. The van der Waals surface area contributed by atoms with Crippen LogP contribution in [0.4, 0.5) is 10.9 Å². The van der Waals surface area contributed by atoms with Crippen molar-refractivity contribution in [3.63, 3.8) is 0 Å². The van der Waals surface area contributed by atoms with E-state index in [1.54, 1.807) is 0 Å². The summed E-state index contributed by atoms with van der Waals surface area (Å²) in [5, 5.41) is 12.1. The van der Waals surface area contributed by atoms with E-state index in [1.807, 2.05) is 34.7 Å². The normalized spacial score (nSPS) is 15.0. The maximum Gasteiger partial charge on any atom is 0.239 e. The minimum Gasteiger partial charge on any atom is -0.379 e. The zero-order valence-electron chi connectivity index (χ0n) is 19.8. The predicted molar refractivity (Wildman–Crippen MR) is 133 cm³/mol. The molecule has 1 saturated heterocycles. The summed E-state index contributed by atoms with van der Waals surface area (Å²) >= 11 is 1.47. The van der Waals surface area contributed by atoms with Gasteiger partial charge in [0.25, 0.3) is 0 Å². The van der Waals surface area contributed by atoms with Crippen LogP contribution in [0.3, 0.4) is 0 Å². The molecule has 0 radical (unpaired) electrons. The molecule has 0 saturated carbocycles.